The minimum atomic E-state index is 0.00186. The maximum Gasteiger partial charge on any atom is 0.238 e. The first-order valence-electron chi connectivity index (χ1n) is 10.7. The number of anilines is 2. The monoisotopic (exact) mass is 393 g/mol. The number of nitrogens with one attached hydrogen (secondary N) is 1. The molecule has 2 fully saturated rings. The number of hydrogen-bond donors (Lipinski definition) is 2. The van der Waals surface area contributed by atoms with Crippen LogP contribution in [0.1, 0.15) is 30.7 Å². The maximum atomic E-state index is 12.6. The van der Waals surface area contributed by atoms with Gasteiger partial charge in [-0.1, -0.05) is 30.3 Å². The topological polar surface area (TPSA) is 74.5 Å². The fourth-order valence-corrected chi connectivity index (χ4v) is 4.58. The van der Waals surface area contributed by atoms with Crippen molar-refractivity contribution in [3.05, 3.63) is 54.2 Å². The third-order valence-corrected chi connectivity index (χ3v) is 6.13. The third-order valence-electron chi connectivity index (χ3n) is 6.13. The predicted octanol–water partition coefficient (Wildman–Crippen LogP) is 2.68. The Morgan fingerprint density at radius 1 is 1.07 bits per heavy atom. The molecule has 6 nitrogen and oxygen atoms in total. The lowest BCUT2D eigenvalue weighted by molar-refractivity contribution is -0.117. The van der Waals surface area contributed by atoms with Crippen LogP contribution in [0.25, 0.3) is 0 Å². The molecule has 2 saturated heterocycles. The molecule has 3 N–H and O–H groups in total. The number of carbonyl (C=O) groups is 1. The first-order valence-corrected chi connectivity index (χ1v) is 10.7. The van der Waals surface area contributed by atoms with Crippen LogP contribution in [0.5, 0.6) is 0 Å². The van der Waals surface area contributed by atoms with Crippen LogP contribution >= 0.6 is 0 Å². The second kappa shape index (κ2) is 9.37. The fourth-order valence-electron chi connectivity index (χ4n) is 4.58. The smallest absolute Gasteiger partial charge is 0.238 e. The number of piperidine rings is 1. The van der Waals surface area contributed by atoms with Crippen LogP contribution < -0.4 is 16.0 Å². The van der Waals surface area contributed by atoms with Gasteiger partial charge in [0.1, 0.15) is 5.82 Å². The minimum absolute atomic E-state index is 0.00186. The van der Waals surface area contributed by atoms with Gasteiger partial charge in [-0.05, 0) is 49.4 Å². The summed E-state index contributed by atoms with van der Waals surface area (Å²) in [5.41, 5.74) is 8.08. The normalized spacial score (nSPS) is 22.6. The van der Waals surface area contributed by atoms with Gasteiger partial charge in [0, 0.05) is 32.1 Å². The number of aromatic nitrogens is 1. The molecule has 2 aliphatic heterocycles. The zero-order chi connectivity index (χ0) is 20.1. The van der Waals surface area contributed by atoms with Crippen LogP contribution in [0.4, 0.5) is 11.5 Å². The van der Waals surface area contributed by atoms with Crippen LogP contribution in [0.2, 0.25) is 0 Å². The Bertz CT molecular complexity index is 789. The van der Waals surface area contributed by atoms with Crippen molar-refractivity contribution in [3.63, 3.8) is 0 Å². The summed E-state index contributed by atoms with van der Waals surface area (Å²) in [5, 5.41) is 2.99. The number of rotatable bonds is 6. The van der Waals surface area contributed by atoms with Gasteiger partial charge in [0.25, 0.3) is 0 Å². The Labute approximate surface area is 173 Å². The van der Waals surface area contributed by atoms with Crippen LogP contribution in [0.15, 0.2) is 48.7 Å². The summed E-state index contributed by atoms with van der Waals surface area (Å²) >= 11 is 0. The van der Waals surface area contributed by atoms with Crippen molar-refractivity contribution < 1.29 is 4.79 Å². The van der Waals surface area contributed by atoms with Crippen molar-refractivity contribution >= 4 is 17.4 Å². The van der Waals surface area contributed by atoms with Gasteiger partial charge in [0.15, 0.2) is 0 Å². The highest BCUT2D eigenvalue weighted by Crippen LogP contribution is 2.31. The lowest BCUT2D eigenvalue weighted by atomic mass is 9.89. The van der Waals surface area contributed by atoms with Crippen molar-refractivity contribution in [2.45, 2.75) is 25.2 Å². The lowest BCUT2D eigenvalue weighted by Gasteiger charge is -2.27. The highest BCUT2D eigenvalue weighted by Gasteiger charge is 2.33. The zero-order valence-corrected chi connectivity index (χ0v) is 17.0. The number of pyridine rings is 1. The van der Waals surface area contributed by atoms with E-state index in [9.17, 15) is 4.79 Å². The number of carbonyl (C=O) groups excluding carboxylic acids is 1. The van der Waals surface area contributed by atoms with Gasteiger partial charge in [0.2, 0.25) is 5.91 Å². The zero-order valence-electron chi connectivity index (χ0n) is 17.0. The van der Waals surface area contributed by atoms with Crippen LogP contribution in [0.3, 0.4) is 0 Å². The largest absolute Gasteiger partial charge is 0.357 e. The third kappa shape index (κ3) is 4.95. The molecular formula is C23H31N5O. The van der Waals surface area contributed by atoms with E-state index < -0.39 is 0 Å². The Hall–Kier alpha value is -2.44. The van der Waals surface area contributed by atoms with E-state index in [0.717, 1.165) is 37.7 Å². The average Bonchev–Trinajstić information content (AvgIpc) is 3.18. The molecule has 0 saturated carbocycles. The maximum absolute atomic E-state index is 12.6. The van der Waals surface area contributed by atoms with Crippen molar-refractivity contribution in [1.29, 1.82) is 0 Å². The molecule has 2 aliphatic rings. The average molecular weight is 394 g/mol. The van der Waals surface area contributed by atoms with Gasteiger partial charge in [-0.3, -0.25) is 9.69 Å². The molecule has 0 radical (unpaired) electrons. The second-order valence-corrected chi connectivity index (χ2v) is 8.21. The molecule has 1 aromatic carbocycles. The van der Waals surface area contributed by atoms with E-state index in [-0.39, 0.29) is 5.91 Å². The van der Waals surface area contributed by atoms with E-state index in [2.05, 4.69) is 44.4 Å². The molecule has 0 spiro atoms. The summed E-state index contributed by atoms with van der Waals surface area (Å²) in [6.07, 6.45) is 5.52. The minimum Gasteiger partial charge on any atom is -0.357 e. The molecule has 0 bridgehead atoms. The summed E-state index contributed by atoms with van der Waals surface area (Å²) in [6, 6.07) is 14.4. The number of nitrogens with zero attached hydrogens (tertiary/aromatic N) is 3. The van der Waals surface area contributed by atoms with Gasteiger partial charge in [-0.2, -0.15) is 0 Å². The van der Waals surface area contributed by atoms with Gasteiger partial charge in [-0.15, -0.1) is 0 Å². The summed E-state index contributed by atoms with van der Waals surface area (Å²) in [5.74, 6) is 1.77. The van der Waals surface area contributed by atoms with Crippen molar-refractivity contribution in [2.75, 3.05) is 49.5 Å². The number of likely N-dealkylation sites (tertiary alicyclic amines) is 1. The van der Waals surface area contributed by atoms with Crippen LogP contribution in [-0.2, 0) is 4.79 Å². The predicted molar refractivity (Wildman–Crippen MR) is 117 cm³/mol. The molecule has 2 aromatic rings. The number of nitrogens with two attached hydrogens (primary N) is 1. The van der Waals surface area contributed by atoms with E-state index >= 15 is 0 Å². The van der Waals surface area contributed by atoms with Crippen molar-refractivity contribution in [3.8, 4) is 0 Å². The summed E-state index contributed by atoms with van der Waals surface area (Å²) in [4.78, 5) is 21.6. The molecule has 29 heavy (non-hydrogen) atoms. The lowest BCUT2D eigenvalue weighted by Crippen LogP contribution is -2.32. The van der Waals surface area contributed by atoms with E-state index in [1.807, 2.05) is 18.2 Å². The van der Waals surface area contributed by atoms with Crippen LogP contribution in [0, 0.1) is 5.92 Å². The first-order chi connectivity index (χ1) is 14.2. The Morgan fingerprint density at radius 2 is 1.86 bits per heavy atom. The molecule has 6 heteroatoms. The number of hydrogen-bond acceptors (Lipinski definition) is 5. The summed E-state index contributed by atoms with van der Waals surface area (Å²) in [6.45, 7) is 4.88. The fraction of sp³-hybridized carbons (Fsp3) is 0.478. The van der Waals surface area contributed by atoms with Gasteiger partial charge in [0.05, 0.1) is 18.4 Å². The quantitative estimate of drug-likeness (QED) is 0.789. The summed E-state index contributed by atoms with van der Waals surface area (Å²) < 4.78 is 0. The molecule has 2 atom stereocenters. The molecule has 3 heterocycles. The molecule has 1 amide bonds. The highest BCUT2D eigenvalue weighted by molar-refractivity contribution is 5.92. The van der Waals surface area contributed by atoms with E-state index in [0.29, 0.717) is 24.9 Å². The Balaban J connectivity index is 1.31. The van der Waals surface area contributed by atoms with E-state index in [1.165, 1.54) is 24.8 Å². The van der Waals surface area contributed by atoms with Crippen molar-refractivity contribution in [1.82, 2.24) is 9.88 Å². The van der Waals surface area contributed by atoms with E-state index in [4.69, 9.17) is 5.73 Å². The molecular weight excluding hydrogens is 362 g/mol. The van der Waals surface area contributed by atoms with Gasteiger partial charge >= 0.3 is 0 Å². The standard InChI is InChI=1S/C23H31N5O/c24-13-19-15-27(16-21(19)18-7-3-1-4-8-18)17-23(29)26-20-9-10-22(25-14-20)28-11-5-2-6-12-28/h1,3-4,7-10,14,19,21H,2,5-6,11-13,15-17,24H2,(H,26,29)/t19-,21+/m1/s1. The molecule has 154 valence electrons. The van der Waals surface area contributed by atoms with Gasteiger partial charge in [-0.25, -0.2) is 4.98 Å². The summed E-state index contributed by atoms with van der Waals surface area (Å²) in [7, 11) is 0. The van der Waals surface area contributed by atoms with Crippen molar-refractivity contribution in [2.24, 2.45) is 11.7 Å². The molecule has 1 aromatic heterocycles. The Kier molecular flexibility index (Phi) is 6.42. The molecule has 0 unspecified atom stereocenters. The highest BCUT2D eigenvalue weighted by atomic mass is 16.2. The van der Waals surface area contributed by atoms with Gasteiger partial charge < -0.3 is 16.0 Å². The number of amides is 1. The Morgan fingerprint density at radius 3 is 2.55 bits per heavy atom. The first kappa shape index (κ1) is 19.9. The van der Waals surface area contributed by atoms with E-state index in [1.54, 1.807) is 6.20 Å². The van der Waals surface area contributed by atoms with Crippen LogP contribution in [-0.4, -0.2) is 55.1 Å². The molecule has 0 aliphatic carbocycles. The second-order valence-electron chi connectivity index (χ2n) is 8.21. The SMILES string of the molecule is NC[C@@H]1CN(CC(=O)Nc2ccc(N3CCCCC3)nc2)C[C@H]1c1ccccc1. The number of benzene rings is 1. The molecule has 4 rings (SSSR count).